The molecule has 1 aliphatic heterocycles. The quantitative estimate of drug-likeness (QED) is 0.792. The lowest BCUT2D eigenvalue weighted by molar-refractivity contribution is -0.136. The van der Waals surface area contributed by atoms with Gasteiger partial charge in [-0.1, -0.05) is 13.8 Å². The van der Waals surface area contributed by atoms with Gasteiger partial charge in [-0.15, -0.1) is 12.8 Å². The van der Waals surface area contributed by atoms with Gasteiger partial charge in [-0.05, 0) is 37.1 Å². The minimum absolute atomic E-state index is 0.155. The lowest BCUT2D eigenvalue weighted by Gasteiger charge is -2.22. The lowest BCUT2D eigenvalue weighted by Crippen LogP contribution is -2.47. The molecule has 1 aromatic carbocycles. The van der Waals surface area contributed by atoms with Crippen LogP contribution in [0.2, 0.25) is 0 Å². The number of halogens is 1. The van der Waals surface area contributed by atoms with Gasteiger partial charge in [0.05, 0.1) is 0 Å². The van der Waals surface area contributed by atoms with E-state index in [0.29, 0.717) is 19.4 Å². The smallest absolute Gasteiger partial charge is 0.410 e. The number of nitrogens with one attached hydrogen (secondary N) is 1. The Morgan fingerprint density at radius 3 is 2.38 bits per heavy atom. The molecule has 142 valence electrons. The van der Waals surface area contributed by atoms with Crippen molar-refractivity contribution in [2.45, 2.75) is 32.7 Å². The first kappa shape index (κ1) is 22.9. The summed E-state index contributed by atoms with van der Waals surface area (Å²) < 4.78 is 17.6. The van der Waals surface area contributed by atoms with Gasteiger partial charge in [-0.3, -0.25) is 9.59 Å². The van der Waals surface area contributed by atoms with Crippen LogP contribution in [0.1, 0.15) is 26.7 Å². The Morgan fingerprint density at radius 1 is 1.27 bits per heavy atom. The van der Waals surface area contributed by atoms with E-state index in [1.807, 2.05) is 13.8 Å². The van der Waals surface area contributed by atoms with Crippen molar-refractivity contribution in [3.63, 3.8) is 0 Å². The topological polar surface area (TPSA) is 102 Å². The molecule has 0 radical (unpaired) electrons. The van der Waals surface area contributed by atoms with Crippen LogP contribution in [0.4, 0.5) is 9.18 Å². The van der Waals surface area contributed by atoms with Gasteiger partial charge in [0, 0.05) is 6.54 Å². The first-order valence-corrected chi connectivity index (χ1v) is 8.11. The van der Waals surface area contributed by atoms with Crippen molar-refractivity contribution in [1.29, 1.82) is 0 Å². The number of benzene rings is 1. The van der Waals surface area contributed by atoms with Gasteiger partial charge < -0.3 is 20.7 Å². The van der Waals surface area contributed by atoms with Gasteiger partial charge in [0.25, 0.3) is 0 Å². The lowest BCUT2D eigenvalue weighted by atomic mass is 10.2. The predicted octanol–water partition coefficient (Wildman–Crippen LogP) is 1.67. The molecule has 0 aromatic heterocycles. The minimum atomic E-state index is -0.838. The second-order valence-corrected chi connectivity index (χ2v) is 4.84. The SMILES string of the molecule is C#C.CC.NC(=O)[C@@H]1CCCN1C(=O)CNC(=O)Oc1ccc(F)cc1. The van der Waals surface area contributed by atoms with Crippen LogP contribution in [-0.2, 0) is 9.59 Å². The van der Waals surface area contributed by atoms with Gasteiger partial charge in [0.2, 0.25) is 11.8 Å². The number of terminal acetylenes is 1. The van der Waals surface area contributed by atoms with E-state index < -0.39 is 29.8 Å². The highest BCUT2D eigenvalue weighted by molar-refractivity contribution is 5.89. The zero-order valence-electron chi connectivity index (χ0n) is 14.9. The molecule has 1 fully saturated rings. The average Bonchev–Trinajstić information content (AvgIpc) is 3.15. The third-order valence-corrected chi connectivity index (χ3v) is 3.31. The first-order chi connectivity index (χ1) is 12.5. The number of carbonyl (C=O) groups is 3. The molecule has 0 spiro atoms. The Bertz CT molecular complexity index is 617. The monoisotopic (exact) mass is 365 g/mol. The van der Waals surface area contributed by atoms with Crippen LogP contribution in [0.15, 0.2) is 24.3 Å². The summed E-state index contributed by atoms with van der Waals surface area (Å²) in [7, 11) is 0. The van der Waals surface area contributed by atoms with E-state index in [4.69, 9.17) is 10.5 Å². The highest BCUT2D eigenvalue weighted by Gasteiger charge is 2.32. The fraction of sp³-hybridized carbons (Fsp3) is 0.389. The van der Waals surface area contributed by atoms with Crippen molar-refractivity contribution in [1.82, 2.24) is 10.2 Å². The largest absolute Gasteiger partial charge is 0.413 e. The third-order valence-electron chi connectivity index (χ3n) is 3.31. The Labute approximate surface area is 152 Å². The van der Waals surface area contributed by atoms with E-state index in [1.54, 1.807) is 0 Å². The van der Waals surface area contributed by atoms with E-state index in [-0.39, 0.29) is 12.3 Å². The molecule has 1 saturated heterocycles. The zero-order valence-corrected chi connectivity index (χ0v) is 14.9. The van der Waals surface area contributed by atoms with Crippen LogP contribution in [-0.4, -0.2) is 41.9 Å². The van der Waals surface area contributed by atoms with Crippen molar-refractivity contribution in [3.05, 3.63) is 30.1 Å². The Hall–Kier alpha value is -3.08. The van der Waals surface area contributed by atoms with Crippen molar-refractivity contribution in [3.8, 4) is 18.6 Å². The van der Waals surface area contributed by atoms with E-state index >= 15 is 0 Å². The zero-order chi connectivity index (χ0) is 20.1. The van der Waals surface area contributed by atoms with Gasteiger partial charge in [0.15, 0.2) is 0 Å². The summed E-state index contributed by atoms with van der Waals surface area (Å²) >= 11 is 0. The number of rotatable bonds is 4. The first-order valence-electron chi connectivity index (χ1n) is 8.11. The molecular formula is C18H24FN3O4. The highest BCUT2D eigenvalue weighted by atomic mass is 19.1. The molecule has 3 N–H and O–H groups in total. The maximum absolute atomic E-state index is 12.7. The molecule has 3 amide bonds. The molecule has 0 saturated carbocycles. The maximum Gasteiger partial charge on any atom is 0.413 e. The molecule has 0 unspecified atom stereocenters. The molecule has 0 aliphatic carbocycles. The van der Waals surface area contributed by atoms with Crippen LogP contribution in [0.25, 0.3) is 0 Å². The van der Waals surface area contributed by atoms with Gasteiger partial charge >= 0.3 is 6.09 Å². The van der Waals surface area contributed by atoms with Crippen molar-refractivity contribution < 1.29 is 23.5 Å². The molecule has 7 nitrogen and oxygen atoms in total. The van der Waals surface area contributed by atoms with Crippen LogP contribution in [0, 0.1) is 18.7 Å². The molecule has 1 atom stereocenters. The molecule has 1 heterocycles. The van der Waals surface area contributed by atoms with Crippen LogP contribution < -0.4 is 15.8 Å². The molecule has 1 aromatic rings. The van der Waals surface area contributed by atoms with Crippen LogP contribution in [0.5, 0.6) is 5.75 Å². The summed E-state index contributed by atoms with van der Waals surface area (Å²) in [6.07, 6.45) is 8.38. The van der Waals surface area contributed by atoms with E-state index in [2.05, 4.69) is 18.2 Å². The number of nitrogens with zero attached hydrogens (tertiary/aromatic N) is 1. The molecule has 0 bridgehead atoms. The van der Waals surface area contributed by atoms with Crippen molar-refractivity contribution >= 4 is 17.9 Å². The molecule has 1 aliphatic rings. The number of nitrogens with two attached hydrogens (primary N) is 1. The molecule has 2 rings (SSSR count). The van der Waals surface area contributed by atoms with Gasteiger partial charge in [0.1, 0.15) is 24.2 Å². The Kier molecular flexibility index (Phi) is 10.8. The van der Waals surface area contributed by atoms with Crippen molar-refractivity contribution in [2.24, 2.45) is 5.73 Å². The standard InChI is InChI=1S/C14H16FN3O4.C2H6.C2H2/c15-9-3-5-10(6-4-9)22-14(21)17-8-12(19)18-7-1-2-11(18)13(16)20;2*1-2/h3-6,11H,1-2,7-8H2,(H2,16,20)(H,17,21);1-2H3;1-2H/t11-;;/m0../s1. The van der Waals surface area contributed by atoms with E-state index in [0.717, 1.165) is 12.1 Å². The Morgan fingerprint density at radius 2 is 1.85 bits per heavy atom. The summed E-state index contributed by atoms with van der Waals surface area (Å²) in [5, 5.41) is 2.28. The number of primary amides is 1. The molecular weight excluding hydrogens is 341 g/mol. The van der Waals surface area contributed by atoms with Crippen LogP contribution in [0.3, 0.4) is 0 Å². The summed E-state index contributed by atoms with van der Waals surface area (Å²) in [4.78, 5) is 36.1. The summed E-state index contributed by atoms with van der Waals surface area (Å²) in [5.41, 5.74) is 5.22. The summed E-state index contributed by atoms with van der Waals surface area (Å²) in [6, 6.07) is 4.26. The van der Waals surface area contributed by atoms with E-state index in [1.165, 1.54) is 17.0 Å². The number of hydrogen-bond acceptors (Lipinski definition) is 4. The van der Waals surface area contributed by atoms with Gasteiger partial charge in [-0.25, -0.2) is 9.18 Å². The average molecular weight is 365 g/mol. The predicted molar refractivity (Wildman–Crippen MR) is 95.6 cm³/mol. The fourth-order valence-corrected chi connectivity index (χ4v) is 2.26. The molecule has 26 heavy (non-hydrogen) atoms. The minimum Gasteiger partial charge on any atom is -0.410 e. The number of ether oxygens (including phenoxy) is 1. The summed E-state index contributed by atoms with van der Waals surface area (Å²) in [5.74, 6) is -1.26. The van der Waals surface area contributed by atoms with E-state index in [9.17, 15) is 18.8 Å². The highest BCUT2D eigenvalue weighted by Crippen LogP contribution is 2.16. The normalized spacial score (nSPS) is 14.8. The van der Waals surface area contributed by atoms with Crippen LogP contribution >= 0.6 is 0 Å². The second-order valence-electron chi connectivity index (χ2n) is 4.84. The number of likely N-dealkylation sites (tertiary alicyclic amines) is 1. The second kappa shape index (κ2) is 12.3. The number of amides is 3. The Balaban J connectivity index is 0.00000146. The molecule has 8 heteroatoms. The maximum atomic E-state index is 12.7. The fourth-order valence-electron chi connectivity index (χ4n) is 2.26. The van der Waals surface area contributed by atoms with Gasteiger partial charge in [-0.2, -0.15) is 0 Å². The summed E-state index contributed by atoms with van der Waals surface area (Å²) in [6.45, 7) is 4.13. The van der Waals surface area contributed by atoms with Crippen molar-refractivity contribution in [2.75, 3.05) is 13.1 Å². The third kappa shape index (κ3) is 7.21. The number of hydrogen-bond donors (Lipinski definition) is 2. The number of carbonyl (C=O) groups excluding carboxylic acids is 3.